The van der Waals surface area contributed by atoms with Crippen LogP contribution < -0.4 is 5.32 Å². The third-order valence-electron chi connectivity index (χ3n) is 3.22. The number of carbonyl (C=O) groups is 1. The fraction of sp³-hybridized carbons (Fsp3) is 0.438. The molecule has 1 saturated heterocycles. The van der Waals surface area contributed by atoms with E-state index in [2.05, 4.69) is 17.2 Å². The Kier molecular flexibility index (Phi) is 5.97. The van der Waals surface area contributed by atoms with Crippen LogP contribution in [0.2, 0.25) is 0 Å². The number of aliphatic hydroxyl groups is 1. The first kappa shape index (κ1) is 15.0. The van der Waals surface area contributed by atoms with Gasteiger partial charge in [0, 0.05) is 22.9 Å². The number of hydrogen-bond donors (Lipinski definition) is 2. The first-order valence-corrected chi connectivity index (χ1v) is 7.94. The maximum atomic E-state index is 12.0. The van der Waals surface area contributed by atoms with E-state index in [0.29, 0.717) is 10.8 Å². The second-order valence-electron chi connectivity index (χ2n) is 4.74. The molecule has 0 aromatic heterocycles. The molecule has 1 heterocycles. The van der Waals surface area contributed by atoms with Crippen molar-refractivity contribution in [2.24, 2.45) is 0 Å². The summed E-state index contributed by atoms with van der Waals surface area (Å²) in [5.41, 5.74) is 1.46. The van der Waals surface area contributed by atoms with Gasteiger partial charge in [0.15, 0.2) is 0 Å². The van der Waals surface area contributed by atoms with Crippen LogP contribution >= 0.6 is 11.8 Å². The molecule has 0 spiro atoms. The van der Waals surface area contributed by atoms with E-state index in [0.717, 1.165) is 12.1 Å². The standard InChI is InChI=1S/C16H19NO2S/c18-10-3-4-13-6-8-14(9-7-13)16(19)17-12-15-5-1-2-11-20-15/h6-9,15,18H,1-2,5,10-12H2,(H,17,19). The highest BCUT2D eigenvalue weighted by Crippen LogP contribution is 2.24. The Bertz CT molecular complexity index is 495. The van der Waals surface area contributed by atoms with Crippen molar-refractivity contribution in [3.8, 4) is 11.8 Å². The third-order valence-corrected chi connectivity index (χ3v) is 4.62. The minimum absolute atomic E-state index is 0.0298. The van der Waals surface area contributed by atoms with Crippen LogP contribution in [0.5, 0.6) is 0 Å². The van der Waals surface area contributed by atoms with Gasteiger partial charge in [0.2, 0.25) is 0 Å². The van der Waals surface area contributed by atoms with E-state index >= 15 is 0 Å². The van der Waals surface area contributed by atoms with Crippen molar-refractivity contribution < 1.29 is 9.90 Å². The summed E-state index contributed by atoms with van der Waals surface area (Å²) in [6.45, 7) is 0.594. The molecular weight excluding hydrogens is 270 g/mol. The Balaban J connectivity index is 1.85. The third kappa shape index (κ3) is 4.59. The topological polar surface area (TPSA) is 49.3 Å². The normalized spacial score (nSPS) is 17.9. The maximum Gasteiger partial charge on any atom is 0.251 e. The molecule has 20 heavy (non-hydrogen) atoms. The quantitative estimate of drug-likeness (QED) is 0.837. The summed E-state index contributed by atoms with van der Waals surface area (Å²) < 4.78 is 0. The van der Waals surface area contributed by atoms with Crippen molar-refractivity contribution in [2.75, 3.05) is 18.9 Å². The van der Waals surface area contributed by atoms with E-state index in [1.165, 1.54) is 25.0 Å². The van der Waals surface area contributed by atoms with Crippen molar-refractivity contribution in [3.63, 3.8) is 0 Å². The number of hydrogen-bond acceptors (Lipinski definition) is 3. The van der Waals surface area contributed by atoms with Crippen molar-refractivity contribution in [2.45, 2.75) is 24.5 Å². The molecule has 1 aromatic rings. The Morgan fingerprint density at radius 2 is 2.15 bits per heavy atom. The summed E-state index contributed by atoms with van der Waals surface area (Å²) >= 11 is 1.96. The van der Waals surface area contributed by atoms with Gasteiger partial charge in [-0.05, 0) is 42.9 Å². The second kappa shape index (κ2) is 7.98. The van der Waals surface area contributed by atoms with Gasteiger partial charge in [0.25, 0.3) is 5.91 Å². The summed E-state index contributed by atoms with van der Waals surface area (Å²) in [5.74, 6) is 6.57. The molecule has 1 aromatic carbocycles. The lowest BCUT2D eigenvalue weighted by Gasteiger charge is -2.21. The number of carbonyl (C=O) groups excluding carboxylic acids is 1. The van der Waals surface area contributed by atoms with Gasteiger partial charge in [0.1, 0.15) is 6.61 Å². The van der Waals surface area contributed by atoms with Gasteiger partial charge in [-0.1, -0.05) is 18.3 Å². The van der Waals surface area contributed by atoms with Crippen LogP contribution in [0.1, 0.15) is 35.2 Å². The molecule has 0 saturated carbocycles. The van der Waals surface area contributed by atoms with Crippen molar-refractivity contribution in [1.82, 2.24) is 5.32 Å². The summed E-state index contributed by atoms with van der Waals surface area (Å²) in [6, 6.07) is 7.13. The van der Waals surface area contributed by atoms with E-state index in [-0.39, 0.29) is 12.5 Å². The Labute approximate surface area is 124 Å². The Morgan fingerprint density at radius 3 is 2.80 bits per heavy atom. The van der Waals surface area contributed by atoms with Gasteiger partial charge in [-0.2, -0.15) is 11.8 Å². The SMILES string of the molecule is O=C(NCC1CCCCS1)c1ccc(C#CCO)cc1. The van der Waals surface area contributed by atoms with Gasteiger partial charge in [-0.3, -0.25) is 4.79 Å². The lowest BCUT2D eigenvalue weighted by atomic mass is 10.1. The van der Waals surface area contributed by atoms with Gasteiger partial charge in [0.05, 0.1) is 0 Å². The number of amides is 1. The summed E-state index contributed by atoms with van der Waals surface area (Å²) in [4.78, 5) is 12.0. The maximum absolute atomic E-state index is 12.0. The molecule has 4 heteroatoms. The van der Waals surface area contributed by atoms with Crippen LogP contribution in [0.15, 0.2) is 24.3 Å². The lowest BCUT2D eigenvalue weighted by Crippen LogP contribution is -2.31. The van der Waals surface area contributed by atoms with Gasteiger partial charge >= 0.3 is 0 Å². The highest BCUT2D eigenvalue weighted by Gasteiger charge is 2.15. The molecule has 2 rings (SSSR count). The van der Waals surface area contributed by atoms with E-state index in [1.54, 1.807) is 24.3 Å². The molecule has 1 atom stereocenters. The molecule has 1 aliphatic heterocycles. The molecule has 106 valence electrons. The molecule has 0 bridgehead atoms. The molecule has 0 aliphatic carbocycles. The fourth-order valence-electron chi connectivity index (χ4n) is 2.12. The van der Waals surface area contributed by atoms with Crippen LogP contribution in [-0.2, 0) is 0 Å². The van der Waals surface area contributed by atoms with Crippen molar-refractivity contribution in [3.05, 3.63) is 35.4 Å². The zero-order valence-electron chi connectivity index (χ0n) is 11.4. The number of thioether (sulfide) groups is 1. The van der Waals surface area contributed by atoms with Gasteiger partial charge in [-0.25, -0.2) is 0 Å². The minimum atomic E-state index is -0.151. The van der Waals surface area contributed by atoms with Crippen LogP contribution in [-0.4, -0.2) is 35.2 Å². The molecular formula is C16H19NO2S. The minimum Gasteiger partial charge on any atom is -0.384 e. The molecule has 3 nitrogen and oxygen atoms in total. The van der Waals surface area contributed by atoms with Crippen LogP contribution in [0.25, 0.3) is 0 Å². The molecule has 0 radical (unpaired) electrons. The van der Waals surface area contributed by atoms with E-state index < -0.39 is 0 Å². The van der Waals surface area contributed by atoms with Gasteiger partial charge < -0.3 is 10.4 Å². The van der Waals surface area contributed by atoms with E-state index in [4.69, 9.17) is 5.11 Å². The second-order valence-corrected chi connectivity index (χ2v) is 6.14. The Hall–Kier alpha value is -1.44. The smallest absolute Gasteiger partial charge is 0.251 e. The van der Waals surface area contributed by atoms with E-state index in [1.807, 2.05) is 11.8 Å². The summed E-state index contributed by atoms with van der Waals surface area (Å²) in [5, 5.41) is 12.2. The van der Waals surface area contributed by atoms with E-state index in [9.17, 15) is 4.79 Å². The summed E-state index contributed by atoms with van der Waals surface area (Å²) in [7, 11) is 0. The highest BCUT2D eigenvalue weighted by atomic mass is 32.2. The monoisotopic (exact) mass is 289 g/mol. The molecule has 1 aliphatic rings. The zero-order valence-corrected chi connectivity index (χ0v) is 12.2. The summed E-state index contributed by atoms with van der Waals surface area (Å²) in [6.07, 6.45) is 3.76. The predicted molar refractivity (Wildman–Crippen MR) is 82.8 cm³/mol. The molecule has 2 N–H and O–H groups in total. The zero-order chi connectivity index (χ0) is 14.2. The van der Waals surface area contributed by atoms with Crippen LogP contribution in [0.4, 0.5) is 0 Å². The van der Waals surface area contributed by atoms with Crippen molar-refractivity contribution >= 4 is 17.7 Å². The molecule has 1 unspecified atom stereocenters. The number of nitrogens with one attached hydrogen (secondary N) is 1. The number of aliphatic hydroxyl groups excluding tert-OH is 1. The average Bonchev–Trinajstić information content (AvgIpc) is 2.52. The molecule has 1 fully saturated rings. The van der Waals surface area contributed by atoms with Crippen LogP contribution in [0, 0.1) is 11.8 Å². The lowest BCUT2D eigenvalue weighted by molar-refractivity contribution is 0.0953. The van der Waals surface area contributed by atoms with Gasteiger partial charge in [-0.15, -0.1) is 0 Å². The number of benzene rings is 1. The number of rotatable bonds is 3. The van der Waals surface area contributed by atoms with Crippen molar-refractivity contribution in [1.29, 1.82) is 0 Å². The average molecular weight is 289 g/mol. The first-order chi connectivity index (χ1) is 9.79. The largest absolute Gasteiger partial charge is 0.384 e. The first-order valence-electron chi connectivity index (χ1n) is 6.89. The highest BCUT2D eigenvalue weighted by molar-refractivity contribution is 7.99. The fourth-order valence-corrected chi connectivity index (χ4v) is 3.36. The van der Waals surface area contributed by atoms with Crippen LogP contribution in [0.3, 0.4) is 0 Å². The predicted octanol–water partition coefficient (Wildman–Crippen LogP) is 2.05. The molecule has 1 amide bonds. The Morgan fingerprint density at radius 1 is 1.35 bits per heavy atom.